The first-order valence-electron chi connectivity index (χ1n) is 5.68. The van der Waals surface area contributed by atoms with Gasteiger partial charge < -0.3 is 4.74 Å². The largest absolute Gasteiger partial charge is 0.443 e. The number of carbonyl (C=O) groups is 1. The predicted octanol–water partition coefficient (Wildman–Crippen LogP) is 4.24. The standard InChI is InChI=1S/C13H16Cl2N2O2/c1-8(10-6-5-9(14)7-11(10)15)16-17-12(18)19-13(2,3)4/h5-7H,1-4H3,(H,17,18). The molecule has 4 nitrogen and oxygen atoms in total. The van der Waals surface area contributed by atoms with Gasteiger partial charge in [-0.15, -0.1) is 0 Å². The maximum absolute atomic E-state index is 11.4. The fourth-order valence-corrected chi connectivity index (χ4v) is 1.82. The lowest BCUT2D eigenvalue weighted by molar-refractivity contribution is 0.0529. The molecular formula is C13H16Cl2N2O2. The summed E-state index contributed by atoms with van der Waals surface area (Å²) in [5.41, 5.74) is 3.01. The van der Waals surface area contributed by atoms with Crippen molar-refractivity contribution in [1.82, 2.24) is 5.43 Å². The van der Waals surface area contributed by atoms with Gasteiger partial charge in [-0.3, -0.25) is 0 Å². The van der Waals surface area contributed by atoms with Crippen LogP contribution in [0.5, 0.6) is 0 Å². The first kappa shape index (κ1) is 15.8. The number of nitrogens with one attached hydrogen (secondary N) is 1. The molecule has 0 spiro atoms. The van der Waals surface area contributed by atoms with Crippen molar-refractivity contribution in [3.63, 3.8) is 0 Å². The summed E-state index contributed by atoms with van der Waals surface area (Å²) < 4.78 is 5.06. The number of rotatable bonds is 2. The van der Waals surface area contributed by atoms with E-state index in [0.29, 0.717) is 21.3 Å². The van der Waals surface area contributed by atoms with Gasteiger partial charge in [0.05, 0.1) is 10.7 Å². The van der Waals surface area contributed by atoms with E-state index < -0.39 is 11.7 Å². The Balaban J connectivity index is 2.75. The lowest BCUT2D eigenvalue weighted by atomic mass is 10.1. The van der Waals surface area contributed by atoms with Crippen LogP contribution in [0.3, 0.4) is 0 Å². The van der Waals surface area contributed by atoms with Crippen LogP contribution in [-0.2, 0) is 4.74 Å². The Morgan fingerprint density at radius 3 is 2.47 bits per heavy atom. The lowest BCUT2D eigenvalue weighted by Gasteiger charge is -2.18. The second-order valence-electron chi connectivity index (χ2n) is 4.94. The van der Waals surface area contributed by atoms with Gasteiger partial charge in [0.25, 0.3) is 0 Å². The van der Waals surface area contributed by atoms with Gasteiger partial charge in [0.15, 0.2) is 0 Å². The number of hydrazone groups is 1. The molecule has 1 N–H and O–H groups in total. The summed E-state index contributed by atoms with van der Waals surface area (Å²) >= 11 is 11.8. The zero-order valence-corrected chi connectivity index (χ0v) is 12.8. The second-order valence-corrected chi connectivity index (χ2v) is 5.78. The molecule has 0 heterocycles. The normalized spacial score (nSPS) is 12.2. The number of benzene rings is 1. The van der Waals surface area contributed by atoms with Crippen LogP contribution in [0.25, 0.3) is 0 Å². The van der Waals surface area contributed by atoms with Gasteiger partial charge >= 0.3 is 6.09 Å². The van der Waals surface area contributed by atoms with Crippen LogP contribution in [0.1, 0.15) is 33.3 Å². The van der Waals surface area contributed by atoms with Gasteiger partial charge in [0.2, 0.25) is 0 Å². The van der Waals surface area contributed by atoms with Crippen molar-refractivity contribution in [3.05, 3.63) is 33.8 Å². The highest BCUT2D eigenvalue weighted by Crippen LogP contribution is 2.21. The van der Waals surface area contributed by atoms with Crippen molar-refractivity contribution in [2.45, 2.75) is 33.3 Å². The fourth-order valence-electron chi connectivity index (χ4n) is 1.27. The van der Waals surface area contributed by atoms with Crippen LogP contribution in [0.4, 0.5) is 4.79 Å². The molecule has 0 aliphatic heterocycles. The summed E-state index contributed by atoms with van der Waals surface area (Å²) in [4.78, 5) is 11.4. The van der Waals surface area contributed by atoms with Gasteiger partial charge in [0, 0.05) is 10.6 Å². The summed E-state index contributed by atoms with van der Waals surface area (Å²) in [6, 6.07) is 5.06. The Kier molecular flexibility index (Phi) is 5.20. The average molecular weight is 303 g/mol. The van der Waals surface area contributed by atoms with Crippen LogP contribution >= 0.6 is 23.2 Å². The molecule has 1 amide bonds. The topological polar surface area (TPSA) is 50.7 Å². The molecule has 0 saturated carbocycles. The lowest BCUT2D eigenvalue weighted by Crippen LogP contribution is -2.30. The van der Waals surface area contributed by atoms with Gasteiger partial charge in [-0.1, -0.05) is 29.3 Å². The van der Waals surface area contributed by atoms with Crippen molar-refractivity contribution < 1.29 is 9.53 Å². The minimum atomic E-state index is -0.614. The molecule has 6 heteroatoms. The van der Waals surface area contributed by atoms with Crippen molar-refractivity contribution >= 4 is 35.0 Å². The third-order valence-electron chi connectivity index (χ3n) is 2.03. The van der Waals surface area contributed by atoms with Crippen molar-refractivity contribution in [2.75, 3.05) is 0 Å². The van der Waals surface area contributed by atoms with Gasteiger partial charge in [0.1, 0.15) is 5.60 Å². The molecule has 0 saturated heterocycles. The molecule has 0 bridgehead atoms. The van der Waals surface area contributed by atoms with Gasteiger partial charge in [-0.05, 0) is 39.8 Å². The number of hydrogen-bond acceptors (Lipinski definition) is 3. The summed E-state index contributed by atoms with van der Waals surface area (Å²) in [7, 11) is 0. The molecule has 0 radical (unpaired) electrons. The van der Waals surface area contributed by atoms with Crippen LogP contribution in [0.2, 0.25) is 10.0 Å². The predicted molar refractivity (Wildman–Crippen MR) is 78.0 cm³/mol. The van der Waals surface area contributed by atoms with E-state index in [9.17, 15) is 4.79 Å². The number of carbonyl (C=O) groups excluding carboxylic acids is 1. The molecule has 1 aromatic carbocycles. The minimum absolute atomic E-state index is 0.472. The summed E-state index contributed by atoms with van der Waals surface area (Å²) in [5.74, 6) is 0. The van der Waals surface area contributed by atoms with E-state index in [1.807, 2.05) is 0 Å². The highest BCUT2D eigenvalue weighted by atomic mass is 35.5. The first-order valence-corrected chi connectivity index (χ1v) is 6.43. The fraction of sp³-hybridized carbons (Fsp3) is 0.385. The molecular weight excluding hydrogens is 287 g/mol. The van der Waals surface area contributed by atoms with Crippen LogP contribution in [0.15, 0.2) is 23.3 Å². The maximum Gasteiger partial charge on any atom is 0.428 e. The summed E-state index contributed by atoms with van der Waals surface area (Å²) in [6.45, 7) is 7.06. The zero-order chi connectivity index (χ0) is 14.6. The zero-order valence-electron chi connectivity index (χ0n) is 11.3. The third kappa shape index (κ3) is 5.49. The summed E-state index contributed by atoms with van der Waals surface area (Å²) in [6.07, 6.45) is -0.614. The highest BCUT2D eigenvalue weighted by molar-refractivity contribution is 6.37. The van der Waals surface area contributed by atoms with E-state index in [1.54, 1.807) is 45.9 Å². The molecule has 1 rings (SSSR count). The number of halogens is 2. The molecule has 104 valence electrons. The van der Waals surface area contributed by atoms with E-state index >= 15 is 0 Å². The van der Waals surface area contributed by atoms with E-state index in [2.05, 4.69) is 10.5 Å². The maximum atomic E-state index is 11.4. The Morgan fingerprint density at radius 2 is 1.95 bits per heavy atom. The third-order valence-corrected chi connectivity index (χ3v) is 2.58. The Labute approximate surface area is 122 Å². The SMILES string of the molecule is CC(=NNC(=O)OC(C)(C)C)c1ccc(Cl)cc1Cl. The van der Waals surface area contributed by atoms with Crippen molar-refractivity contribution in [3.8, 4) is 0 Å². The molecule has 1 aromatic rings. The second kappa shape index (κ2) is 6.26. The van der Waals surface area contributed by atoms with Crippen LogP contribution in [-0.4, -0.2) is 17.4 Å². The van der Waals surface area contributed by atoms with E-state index in [1.165, 1.54) is 0 Å². The van der Waals surface area contributed by atoms with Gasteiger partial charge in [-0.25, -0.2) is 10.2 Å². The Bertz CT molecular complexity index is 508. The van der Waals surface area contributed by atoms with Crippen LogP contribution < -0.4 is 5.43 Å². The quantitative estimate of drug-likeness (QED) is 0.656. The number of nitrogens with zero attached hydrogens (tertiary/aromatic N) is 1. The van der Waals surface area contributed by atoms with Crippen LogP contribution in [0, 0.1) is 0 Å². The molecule has 0 aliphatic carbocycles. The molecule has 0 unspecified atom stereocenters. The monoisotopic (exact) mass is 302 g/mol. The minimum Gasteiger partial charge on any atom is -0.443 e. The Morgan fingerprint density at radius 1 is 1.32 bits per heavy atom. The van der Waals surface area contributed by atoms with Gasteiger partial charge in [-0.2, -0.15) is 5.10 Å². The van der Waals surface area contributed by atoms with E-state index in [0.717, 1.165) is 0 Å². The number of ether oxygens (including phenoxy) is 1. The molecule has 0 aromatic heterocycles. The molecule has 0 atom stereocenters. The smallest absolute Gasteiger partial charge is 0.428 e. The first-order chi connectivity index (χ1) is 8.69. The molecule has 0 aliphatic rings. The molecule has 19 heavy (non-hydrogen) atoms. The highest BCUT2D eigenvalue weighted by Gasteiger charge is 2.15. The number of hydrogen-bond donors (Lipinski definition) is 1. The van der Waals surface area contributed by atoms with E-state index in [4.69, 9.17) is 27.9 Å². The van der Waals surface area contributed by atoms with Crippen molar-refractivity contribution in [1.29, 1.82) is 0 Å². The summed E-state index contributed by atoms with van der Waals surface area (Å²) in [5, 5.41) is 4.95. The average Bonchev–Trinajstić information content (AvgIpc) is 2.23. The van der Waals surface area contributed by atoms with E-state index in [-0.39, 0.29) is 0 Å². The molecule has 0 fully saturated rings. The Hall–Kier alpha value is -1.26. The van der Waals surface area contributed by atoms with Crippen molar-refractivity contribution in [2.24, 2.45) is 5.10 Å². The number of amides is 1.